The van der Waals surface area contributed by atoms with E-state index >= 15 is 0 Å². The zero-order valence-electron chi connectivity index (χ0n) is 13.2. The van der Waals surface area contributed by atoms with Gasteiger partial charge in [-0.2, -0.15) is 5.10 Å². The lowest BCUT2D eigenvalue weighted by molar-refractivity contribution is 0.0586. The smallest absolute Gasteiger partial charge is 0.359 e. The van der Waals surface area contributed by atoms with Crippen molar-refractivity contribution >= 4 is 27.0 Å². The second-order valence-electron chi connectivity index (χ2n) is 5.74. The molecule has 0 aliphatic heterocycles. The predicted octanol–water partition coefficient (Wildman–Crippen LogP) is 1.59. The first kappa shape index (κ1) is 16.6. The van der Waals surface area contributed by atoms with Crippen LogP contribution >= 0.6 is 10.0 Å². The van der Waals surface area contributed by atoms with E-state index in [2.05, 4.69) is 28.8 Å². The van der Waals surface area contributed by atoms with Crippen LogP contribution in [0.2, 0.25) is 0 Å². The van der Waals surface area contributed by atoms with Crippen molar-refractivity contribution in [2.24, 2.45) is 0 Å². The highest BCUT2D eigenvalue weighted by Crippen LogP contribution is 2.33. The zero-order chi connectivity index (χ0) is 16.3. The van der Waals surface area contributed by atoms with E-state index in [0.29, 0.717) is 17.6 Å². The van der Waals surface area contributed by atoms with Crippen molar-refractivity contribution in [1.29, 1.82) is 0 Å². The summed E-state index contributed by atoms with van der Waals surface area (Å²) in [4.78, 5) is 15.9. The van der Waals surface area contributed by atoms with Gasteiger partial charge in [0.25, 0.3) is 0 Å². The molecule has 7 nitrogen and oxygen atoms in total. The first-order chi connectivity index (χ1) is 10.3. The Morgan fingerprint density at radius 3 is 2.77 bits per heavy atom. The maximum atomic E-state index is 11.8. The highest BCUT2D eigenvalue weighted by Gasteiger charge is 2.19. The molecule has 0 aliphatic rings. The van der Waals surface area contributed by atoms with Gasteiger partial charge in [-0.3, -0.25) is 0 Å². The standard InChI is InChI=1S/C14H21N3O4S/c1-20-14(19)12-11-7-10(18)8-15-13(11)17(16-12)9-21-5-6-22(2,3)4/h7-8,18H,5-6,9H2,1-4H3. The number of esters is 1. The van der Waals surface area contributed by atoms with E-state index in [-0.39, 0.29) is 18.2 Å². The number of hydrogen-bond donors (Lipinski definition) is 1. The Hall–Kier alpha value is -1.80. The van der Waals surface area contributed by atoms with Gasteiger partial charge >= 0.3 is 5.97 Å². The van der Waals surface area contributed by atoms with Gasteiger partial charge in [-0.05, 0) is 24.8 Å². The number of fused-ring (bicyclic) bond motifs is 1. The fourth-order valence-electron chi connectivity index (χ4n) is 1.85. The zero-order valence-corrected chi connectivity index (χ0v) is 14.0. The molecular weight excluding hydrogens is 306 g/mol. The number of hydrogen-bond acceptors (Lipinski definition) is 6. The molecule has 22 heavy (non-hydrogen) atoms. The van der Waals surface area contributed by atoms with Gasteiger partial charge in [0.1, 0.15) is 12.5 Å². The normalized spacial score (nSPS) is 12.5. The summed E-state index contributed by atoms with van der Waals surface area (Å²) in [6.45, 7) is 0.812. The number of carbonyl (C=O) groups is 1. The quantitative estimate of drug-likeness (QED) is 0.640. The molecule has 0 bridgehead atoms. The third kappa shape index (κ3) is 3.89. The van der Waals surface area contributed by atoms with Gasteiger partial charge in [0, 0.05) is 5.75 Å². The number of ether oxygens (including phenoxy) is 2. The van der Waals surface area contributed by atoms with Crippen LogP contribution in [0.15, 0.2) is 12.3 Å². The molecular formula is C14H21N3O4S. The minimum absolute atomic E-state index is 0.0329. The Balaban J connectivity index is 2.21. The number of nitrogens with zero attached hydrogens (tertiary/aromatic N) is 3. The first-order valence-corrected chi connectivity index (χ1v) is 9.72. The van der Waals surface area contributed by atoms with E-state index in [0.717, 1.165) is 5.75 Å². The van der Waals surface area contributed by atoms with E-state index in [1.165, 1.54) is 24.1 Å². The second kappa shape index (κ2) is 6.53. The maximum Gasteiger partial charge on any atom is 0.359 e. The van der Waals surface area contributed by atoms with Gasteiger partial charge in [-0.1, -0.05) is 0 Å². The van der Waals surface area contributed by atoms with Crippen molar-refractivity contribution < 1.29 is 19.4 Å². The average Bonchev–Trinajstić information content (AvgIpc) is 2.79. The summed E-state index contributed by atoms with van der Waals surface area (Å²) in [6, 6.07) is 1.44. The van der Waals surface area contributed by atoms with Gasteiger partial charge < -0.3 is 14.6 Å². The Bertz CT molecular complexity index is 679. The summed E-state index contributed by atoms with van der Waals surface area (Å²) in [5.74, 6) is 0.384. The molecule has 0 fully saturated rings. The average molecular weight is 327 g/mol. The largest absolute Gasteiger partial charge is 0.506 e. The molecule has 0 unspecified atom stereocenters. The van der Waals surface area contributed by atoms with Crippen molar-refractivity contribution in [3.8, 4) is 5.75 Å². The number of methoxy groups -OCH3 is 1. The van der Waals surface area contributed by atoms with Crippen LogP contribution in [0.4, 0.5) is 0 Å². The maximum absolute atomic E-state index is 11.8. The van der Waals surface area contributed by atoms with Crippen LogP contribution in [-0.2, 0) is 16.2 Å². The summed E-state index contributed by atoms with van der Waals surface area (Å²) >= 11 is 0. The lowest BCUT2D eigenvalue weighted by Gasteiger charge is -2.24. The Labute approximate surface area is 130 Å². The van der Waals surface area contributed by atoms with Crippen molar-refractivity contribution in [2.75, 3.05) is 38.2 Å². The van der Waals surface area contributed by atoms with Gasteiger partial charge in [0.2, 0.25) is 0 Å². The molecule has 1 N–H and O–H groups in total. The number of carbonyl (C=O) groups excluding carboxylic acids is 1. The van der Waals surface area contributed by atoms with E-state index < -0.39 is 16.0 Å². The van der Waals surface area contributed by atoms with E-state index in [1.807, 2.05) is 0 Å². The van der Waals surface area contributed by atoms with Gasteiger partial charge in [0.15, 0.2) is 11.3 Å². The van der Waals surface area contributed by atoms with Gasteiger partial charge in [-0.25, -0.2) is 24.5 Å². The third-order valence-electron chi connectivity index (χ3n) is 3.00. The molecule has 0 saturated heterocycles. The van der Waals surface area contributed by atoms with E-state index in [9.17, 15) is 9.90 Å². The second-order valence-corrected chi connectivity index (χ2v) is 10.3. The molecule has 0 aliphatic carbocycles. The summed E-state index contributed by atoms with van der Waals surface area (Å²) < 4.78 is 11.8. The lowest BCUT2D eigenvalue weighted by Crippen LogP contribution is -2.12. The molecule has 2 aromatic heterocycles. The predicted molar refractivity (Wildman–Crippen MR) is 86.7 cm³/mol. The van der Waals surface area contributed by atoms with Gasteiger partial charge in [-0.15, -0.1) is 0 Å². The van der Waals surface area contributed by atoms with Gasteiger partial charge in [0.05, 0.1) is 25.3 Å². The highest BCUT2D eigenvalue weighted by molar-refractivity contribution is 8.32. The number of pyridine rings is 1. The van der Waals surface area contributed by atoms with Crippen LogP contribution < -0.4 is 0 Å². The SMILES string of the molecule is COC(=O)c1nn(COCCS(C)(C)C)c2ncc(O)cc12. The molecule has 0 spiro atoms. The molecule has 0 aromatic carbocycles. The molecule has 0 amide bonds. The molecule has 8 heteroatoms. The van der Waals surface area contributed by atoms with Crippen LogP contribution in [0.5, 0.6) is 5.75 Å². The Morgan fingerprint density at radius 2 is 2.14 bits per heavy atom. The van der Waals surface area contributed by atoms with Crippen molar-refractivity contribution in [3.05, 3.63) is 18.0 Å². The van der Waals surface area contributed by atoms with Crippen molar-refractivity contribution in [3.63, 3.8) is 0 Å². The van der Waals surface area contributed by atoms with Crippen LogP contribution in [0.25, 0.3) is 11.0 Å². The topological polar surface area (TPSA) is 86.5 Å². The third-order valence-corrected chi connectivity index (χ3v) is 4.40. The molecule has 0 atom stereocenters. The number of aromatic hydroxyl groups is 1. The van der Waals surface area contributed by atoms with Crippen LogP contribution in [0.3, 0.4) is 0 Å². The minimum atomic E-state index is -0.616. The molecule has 2 heterocycles. The summed E-state index contributed by atoms with van der Waals surface area (Å²) in [7, 11) is 0.667. The fraction of sp³-hybridized carbons (Fsp3) is 0.500. The summed E-state index contributed by atoms with van der Waals surface area (Å²) in [5.41, 5.74) is 0.590. The monoisotopic (exact) mass is 327 g/mol. The molecule has 2 aromatic rings. The van der Waals surface area contributed by atoms with Crippen molar-refractivity contribution in [1.82, 2.24) is 14.8 Å². The molecule has 122 valence electrons. The highest BCUT2D eigenvalue weighted by atomic mass is 32.3. The Kier molecular flexibility index (Phi) is 4.92. The van der Waals surface area contributed by atoms with Crippen molar-refractivity contribution in [2.45, 2.75) is 6.73 Å². The molecule has 2 rings (SSSR count). The van der Waals surface area contributed by atoms with Crippen LogP contribution in [-0.4, -0.2) is 64.1 Å². The molecule has 0 saturated carbocycles. The van der Waals surface area contributed by atoms with Crippen LogP contribution in [0, 0.1) is 0 Å². The fourth-order valence-corrected chi connectivity index (χ4v) is 2.46. The number of rotatable bonds is 6. The lowest BCUT2D eigenvalue weighted by atomic mass is 10.2. The first-order valence-electron chi connectivity index (χ1n) is 6.69. The minimum Gasteiger partial charge on any atom is -0.506 e. The van der Waals surface area contributed by atoms with E-state index in [4.69, 9.17) is 9.47 Å². The number of aromatic nitrogens is 3. The Morgan fingerprint density at radius 1 is 1.41 bits per heavy atom. The molecule has 0 radical (unpaired) electrons. The summed E-state index contributed by atoms with van der Waals surface area (Å²) in [5, 5.41) is 14.2. The van der Waals surface area contributed by atoms with Crippen LogP contribution in [0.1, 0.15) is 10.5 Å². The summed E-state index contributed by atoms with van der Waals surface area (Å²) in [6.07, 6.45) is 7.97. The van der Waals surface area contributed by atoms with E-state index in [1.54, 1.807) is 0 Å².